The first-order chi connectivity index (χ1) is 27.2. The van der Waals surface area contributed by atoms with Crippen LogP contribution in [0.5, 0.6) is 0 Å². The van der Waals surface area contributed by atoms with Gasteiger partial charge >= 0.3 is 6.18 Å². The summed E-state index contributed by atoms with van der Waals surface area (Å²) in [6, 6.07) is 27.2. The van der Waals surface area contributed by atoms with Crippen molar-refractivity contribution in [2.45, 2.75) is 88.5 Å². The van der Waals surface area contributed by atoms with Gasteiger partial charge < -0.3 is 14.9 Å². The molecular weight excluding hydrogens is 716 g/mol. The Morgan fingerprint density at radius 3 is 1.96 bits per heavy atom. The quantitative estimate of drug-likeness (QED) is 0.116. The predicted molar refractivity (Wildman–Crippen MR) is 208 cm³/mol. The third-order valence-corrected chi connectivity index (χ3v) is 13.2. The van der Waals surface area contributed by atoms with Gasteiger partial charge in [-0.3, -0.25) is 18.9 Å². The number of ether oxygens (including phenoxy) is 1. The average molecular weight is 763 g/mol. The maximum Gasteiger partial charge on any atom is 0.403 e. The lowest BCUT2D eigenvalue weighted by Crippen LogP contribution is -2.54. The van der Waals surface area contributed by atoms with E-state index in [2.05, 4.69) is 86.6 Å². The molecule has 5 aromatic rings. The largest absolute Gasteiger partial charge is 0.403 e. The minimum absolute atomic E-state index is 0.104. The number of benzene rings is 3. The van der Waals surface area contributed by atoms with Gasteiger partial charge in [0.1, 0.15) is 16.9 Å². The number of aromatic amines is 2. The van der Waals surface area contributed by atoms with Crippen LogP contribution in [0.25, 0.3) is 33.6 Å². The van der Waals surface area contributed by atoms with Gasteiger partial charge in [0.25, 0.3) is 0 Å². The van der Waals surface area contributed by atoms with E-state index >= 15 is 0 Å². The number of aromatic nitrogens is 4. The van der Waals surface area contributed by atoms with Crippen LogP contribution in [0.3, 0.4) is 0 Å². The predicted octanol–water partition coefficient (Wildman–Crippen LogP) is 9.15. The number of alkyl halides is 3. The molecule has 2 N–H and O–H groups in total. The first-order valence-electron chi connectivity index (χ1n) is 20.3. The Bertz CT molecular complexity index is 2190. The number of nitrogens with one attached hydrogen (secondary N) is 2. The first kappa shape index (κ1) is 35.6. The van der Waals surface area contributed by atoms with Crippen LogP contribution >= 0.6 is 0 Å². The summed E-state index contributed by atoms with van der Waals surface area (Å²) >= 11 is 0. The van der Waals surface area contributed by atoms with Crippen LogP contribution in [0, 0.1) is 5.41 Å². The van der Waals surface area contributed by atoms with E-state index in [0.29, 0.717) is 25.2 Å². The molecule has 3 unspecified atom stereocenters. The molecule has 12 heteroatoms. The fraction of sp³-hybridized carbons (Fsp3) is 0.432. The van der Waals surface area contributed by atoms with E-state index in [0.717, 1.165) is 76.4 Å². The zero-order chi connectivity index (χ0) is 38.1. The fourth-order valence-electron chi connectivity index (χ4n) is 9.93. The van der Waals surface area contributed by atoms with E-state index in [1.807, 2.05) is 18.3 Å². The molecule has 0 radical (unpaired) electrons. The minimum Gasteiger partial charge on any atom is -0.340 e. The van der Waals surface area contributed by atoms with Crippen LogP contribution in [0.4, 0.5) is 18.9 Å². The number of carbonyl (C=O) groups is 1. The van der Waals surface area contributed by atoms with Crippen molar-refractivity contribution in [3.63, 3.8) is 0 Å². The molecule has 290 valence electrons. The second kappa shape index (κ2) is 13.7. The highest BCUT2D eigenvalue weighted by atomic mass is 19.4. The van der Waals surface area contributed by atoms with E-state index in [-0.39, 0.29) is 31.3 Å². The summed E-state index contributed by atoms with van der Waals surface area (Å²) in [6.07, 6.45) is 6.33. The summed E-state index contributed by atoms with van der Waals surface area (Å²) in [5.41, 5.74) is 4.96. The van der Waals surface area contributed by atoms with Crippen molar-refractivity contribution in [3.05, 3.63) is 103 Å². The maximum atomic E-state index is 13.7. The van der Waals surface area contributed by atoms with Gasteiger partial charge in [0.15, 0.2) is 18.1 Å². The van der Waals surface area contributed by atoms with Crippen LogP contribution < -0.4 is 4.48 Å². The molecule has 0 bridgehead atoms. The van der Waals surface area contributed by atoms with Crippen molar-refractivity contribution in [2.24, 2.45) is 5.41 Å². The van der Waals surface area contributed by atoms with E-state index < -0.39 is 23.5 Å². The summed E-state index contributed by atoms with van der Waals surface area (Å²) in [6.45, 7) is 3.57. The molecule has 2 aromatic heterocycles. The zero-order valence-electron chi connectivity index (χ0n) is 31.3. The number of epoxide rings is 1. The molecule has 5 aliphatic rings. The van der Waals surface area contributed by atoms with Crippen molar-refractivity contribution in [1.29, 1.82) is 0 Å². The number of halogens is 3. The molecule has 5 atom stereocenters. The number of nitrogens with zero attached hydrogens (tertiary/aromatic N) is 5. The standard InChI is InChI=1S/C44H47F3N7O2/c45-44(46,47)43(21-22-43)42(55)53-25-7-11-36(53)38-48-27-34(50-38)31-17-13-29(14-18-31)30-15-19-32(20-16-30)35-28-49-39(51-35)37-12-8-26-54(37,33-9-3-1-4-10-33)41-40(56-41)52-23-5-2-6-24-52/h1,3-4,9-10,13-20,27-28,36-37,40-41H,2,5-8,11-12,21-26H2,(H,48,50)(H,49,51)/q+1/t36?,37?,40-,41+,54?/m1/s1. The van der Waals surface area contributed by atoms with Crippen molar-refractivity contribution in [3.8, 4) is 33.6 Å². The van der Waals surface area contributed by atoms with E-state index in [4.69, 9.17) is 9.72 Å². The van der Waals surface area contributed by atoms with Crippen molar-refractivity contribution >= 4 is 11.6 Å². The smallest absolute Gasteiger partial charge is 0.340 e. The number of amides is 1. The lowest BCUT2D eigenvalue weighted by atomic mass is 10.0. The first-order valence-corrected chi connectivity index (χ1v) is 20.3. The molecule has 3 aromatic carbocycles. The number of carbonyl (C=O) groups excluding carboxylic acids is 1. The van der Waals surface area contributed by atoms with Crippen LogP contribution in [0.2, 0.25) is 0 Å². The summed E-state index contributed by atoms with van der Waals surface area (Å²) in [5.74, 6) is 0.735. The SMILES string of the molecule is O=C(N1CCCC1c1ncc(-c2ccc(-c3ccc(-c4cnc(C5CCC[N+]5(c5ccccc5)[C@H]5O[C@H]5N5CCCCC5)[nH]4)cc3)cc2)[nH]1)C1(C(F)(F)F)CC1. The van der Waals surface area contributed by atoms with Crippen molar-refractivity contribution in [2.75, 3.05) is 26.2 Å². The normalized spacial score (nSPS) is 27.4. The van der Waals surface area contributed by atoms with E-state index in [1.165, 1.54) is 29.8 Å². The molecule has 4 aliphatic heterocycles. The van der Waals surface area contributed by atoms with Crippen LogP contribution in [0.15, 0.2) is 91.3 Å². The van der Waals surface area contributed by atoms with Gasteiger partial charge in [-0.15, -0.1) is 0 Å². The average Bonchev–Trinajstić information content (AvgIpc) is 3.88. The summed E-state index contributed by atoms with van der Waals surface area (Å²) < 4.78 is 48.6. The van der Waals surface area contributed by atoms with E-state index in [1.54, 1.807) is 6.20 Å². The molecule has 6 heterocycles. The van der Waals surface area contributed by atoms with Gasteiger partial charge in [-0.05, 0) is 72.9 Å². The molecule has 10 rings (SSSR count). The number of hydrogen-bond donors (Lipinski definition) is 2. The van der Waals surface area contributed by atoms with Gasteiger partial charge in [-0.1, -0.05) is 73.2 Å². The molecule has 0 spiro atoms. The molecule has 4 saturated heterocycles. The Hall–Kier alpha value is -4.78. The van der Waals surface area contributed by atoms with Crippen molar-refractivity contribution < 1.29 is 22.7 Å². The number of imidazole rings is 2. The number of hydrogen-bond acceptors (Lipinski definition) is 5. The number of para-hydroxylation sites is 1. The minimum atomic E-state index is -4.52. The van der Waals surface area contributed by atoms with Gasteiger partial charge in [0, 0.05) is 32.5 Å². The van der Waals surface area contributed by atoms with Crippen LogP contribution in [0.1, 0.15) is 81.5 Å². The Balaban J connectivity index is 0.836. The summed E-state index contributed by atoms with van der Waals surface area (Å²) in [4.78, 5) is 33.6. The lowest BCUT2D eigenvalue weighted by molar-refractivity contribution is -0.199. The van der Waals surface area contributed by atoms with Gasteiger partial charge in [-0.2, -0.15) is 13.2 Å². The lowest BCUT2D eigenvalue weighted by Gasteiger charge is -2.38. The molecule has 1 amide bonds. The molecule has 9 nitrogen and oxygen atoms in total. The second-order valence-electron chi connectivity index (χ2n) is 16.4. The number of piperidine rings is 1. The molecular formula is C44H47F3N7O2+. The van der Waals surface area contributed by atoms with Gasteiger partial charge in [-0.25, -0.2) is 9.97 Å². The topological polar surface area (TPSA) is 93.4 Å². The fourth-order valence-corrected chi connectivity index (χ4v) is 9.93. The monoisotopic (exact) mass is 762 g/mol. The molecule has 1 aliphatic carbocycles. The maximum absolute atomic E-state index is 13.7. The summed E-state index contributed by atoms with van der Waals surface area (Å²) in [5, 5.41) is 0. The van der Waals surface area contributed by atoms with Crippen LogP contribution in [-0.4, -0.2) is 80.5 Å². The number of rotatable bonds is 9. The number of likely N-dealkylation sites (tertiary alicyclic amines) is 3. The highest BCUT2D eigenvalue weighted by Crippen LogP contribution is 2.59. The van der Waals surface area contributed by atoms with Gasteiger partial charge in [0.2, 0.25) is 12.1 Å². The zero-order valence-corrected chi connectivity index (χ0v) is 31.3. The Morgan fingerprint density at radius 1 is 0.732 bits per heavy atom. The van der Waals surface area contributed by atoms with Crippen LogP contribution in [-0.2, 0) is 9.53 Å². The molecule has 56 heavy (non-hydrogen) atoms. The van der Waals surface area contributed by atoms with E-state index in [9.17, 15) is 18.0 Å². The van der Waals surface area contributed by atoms with Gasteiger partial charge in [0.05, 0.1) is 36.4 Å². The van der Waals surface area contributed by atoms with Crippen molar-refractivity contribution in [1.82, 2.24) is 34.2 Å². The third kappa shape index (κ3) is 5.99. The second-order valence-corrected chi connectivity index (χ2v) is 16.4. The molecule has 5 fully saturated rings. The summed E-state index contributed by atoms with van der Waals surface area (Å²) in [7, 11) is 0. The molecule has 1 saturated carbocycles. The third-order valence-electron chi connectivity index (χ3n) is 13.2. The highest BCUT2D eigenvalue weighted by Gasteiger charge is 2.70. The highest BCUT2D eigenvalue weighted by molar-refractivity contribution is 5.87. The Morgan fingerprint density at radius 2 is 1.34 bits per heavy atom. The number of H-pyrrole nitrogens is 2. The number of quaternary nitrogens is 1. The Kier molecular flexibility index (Phi) is 8.72. The Labute approximate surface area is 324 Å².